The molecule has 0 saturated carbocycles. The maximum atomic E-state index is 12.6. The van der Waals surface area contributed by atoms with Crippen LogP contribution in [0.25, 0.3) is 11.1 Å². The van der Waals surface area contributed by atoms with E-state index in [9.17, 15) is 9.59 Å². The zero-order valence-electron chi connectivity index (χ0n) is 19.5. The number of halogens is 2. The Labute approximate surface area is 218 Å². The van der Waals surface area contributed by atoms with Crippen molar-refractivity contribution in [3.8, 4) is 22.6 Å². The van der Waals surface area contributed by atoms with E-state index in [4.69, 9.17) is 32.7 Å². The molecule has 4 aromatic rings. The summed E-state index contributed by atoms with van der Waals surface area (Å²) in [6.45, 7) is 0. The molecule has 0 unspecified atom stereocenters. The summed E-state index contributed by atoms with van der Waals surface area (Å²) in [5, 5.41) is 6.66. The van der Waals surface area contributed by atoms with E-state index < -0.39 is 0 Å². The zero-order chi connectivity index (χ0) is 25.7. The van der Waals surface area contributed by atoms with Crippen LogP contribution in [0.1, 0.15) is 20.7 Å². The summed E-state index contributed by atoms with van der Waals surface area (Å²) in [7, 11) is 3.06. The van der Waals surface area contributed by atoms with Crippen LogP contribution in [0.3, 0.4) is 0 Å². The van der Waals surface area contributed by atoms with Crippen LogP contribution in [-0.2, 0) is 0 Å². The first-order chi connectivity index (χ1) is 17.4. The van der Waals surface area contributed by atoms with Crippen molar-refractivity contribution in [2.24, 2.45) is 0 Å². The normalized spacial score (nSPS) is 10.4. The molecule has 6 nitrogen and oxygen atoms in total. The van der Waals surface area contributed by atoms with Gasteiger partial charge in [-0.1, -0.05) is 47.5 Å². The number of hydrogen-bond donors (Lipinski definition) is 2. The van der Waals surface area contributed by atoms with Crippen molar-refractivity contribution in [1.82, 2.24) is 0 Å². The molecule has 8 heteroatoms. The van der Waals surface area contributed by atoms with Crippen LogP contribution in [0.5, 0.6) is 11.5 Å². The molecule has 0 fully saturated rings. The predicted molar refractivity (Wildman–Crippen MR) is 144 cm³/mol. The number of rotatable bonds is 7. The van der Waals surface area contributed by atoms with Crippen molar-refractivity contribution in [2.45, 2.75) is 0 Å². The van der Waals surface area contributed by atoms with Crippen LogP contribution >= 0.6 is 23.2 Å². The largest absolute Gasteiger partial charge is 0.495 e. The van der Waals surface area contributed by atoms with Gasteiger partial charge in [0.2, 0.25) is 0 Å². The number of carbonyl (C=O) groups excluding carboxylic acids is 2. The number of amides is 2. The van der Waals surface area contributed by atoms with Gasteiger partial charge in [0.1, 0.15) is 11.5 Å². The Kier molecular flexibility index (Phi) is 7.78. The molecule has 0 aliphatic rings. The molecule has 4 rings (SSSR count). The first-order valence-electron chi connectivity index (χ1n) is 10.9. The minimum atomic E-state index is -0.301. The molecule has 2 amide bonds. The molecule has 182 valence electrons. The topological polar surface area (TPSA) is 76.7 Å². The van der Waals surface area contributed by atoms with Crippen molar-refractivity contribution < 1.29 is 19.1 Å². The summed E-state index contributed by atoms with van der Waals surface area (Å²) >= 11 is 12.0. The summed E-state index contributed by atoms with van der Waals surface area (Å²) in [4.78, 5) is 25.3. The van der Waals surface area contributed by atoms with Gasteiger partial charge in [-0.05, 0) is 71.8 Å². The van der Waals surface area contributed by atoms with E-state index in [1.54, 1.807) is 60.7 Å². The molecule has 0 aromatic heterocycles. The Morgan fingerprint density at radius 1 is 0.611 bits per heavy atom. The zero-order valence-corrected chi connectivity index (χ0v) is 21.0. The van der Waals surface area contributed by atoms with Crippen molar-refractivity contribution >= 4 is 46.4 Å². The van der Waals surface area contributed by atoms with Gasteiger partial charge in [-0.15, -0.1) is 0 Å². The Morgan fingerprint density at radius 2 is 1.03 bits per heavy atom. The number of carbonyl (C=O) groups is 2. The summed E-state index contributed by atoms with van der Waals surface area (Å²) in [6.07, 6.45) is 0. The minimum absolute atomic E-state index is 0.301. The van der Waals surface area contributed by atoms with Crippen LogP contribution < -0.4 is 20.1 Å². The lowest BCUT2D eigenvalue weighted by Gasteiger charge is -2.15. The van der Waals surface area contributed by atoms with E-state index in [-0.39, 0.29) is 11.8 Å². The monoisotopic (exact) mass is 520 g/mol. The van der Waals surface area contributed by atoms with Crippen molar-refractivity contribution in [1.29, 1.82) is 0 Å². The average Bonchev–Trinajstić information content (AvgIpc) is 2.89. The third-order valence-electron chi connectivity index (χ3n) is 5.41. The molecule has 4 aromatic carbocycles. The van der Waals surface area contributed by atoms with E-state index in [1.807, 2.05) is 24.3 Å². The number of anilines is 2. The molecular formula is C28H22Cl2N2O4. The second-order valence-corrected chi connectivity index (χ2v) is 8.63. The van der Waals surface area contributed by atoms with Gasteiger partial charge in [0.05, 0.1) is 25.6 Å². The first-order valence-corrected chi connectivity index (χ1v) is 11.6. The average molecular weight is 521 g/mol. The molecule has 0 saturated heterocycles. The molecule has 0 aliphatic heterocycles. The Balaban J connectivity index is 1.56. The highest BCUT2D eigenvalue weighted by molar-refractivity contribution is 6.31. The molecular weight excluding hydrogens is 499 g/mol. The summed E-state index contributed by atoms with van der Waals surface area (Å²) in [6, 6.07) is 24.2. The van der Waals surface area contributed by atoms with Crippen LogP contribution in [0.15, 0.2) is 84.9 Å². The van der Waals surface area contributed by atoms with E-state index in [0.717, 1.165) is 11.1 Å². The maximum Gasteiger partial charge on any atom is 0.255 e. The van der Waals surface area contributed by atoms with Crippen molar-refractivity contribution in [3.63, 3.8) is 0 Å². The van der Waals surface area contributed by atoms with Crippen LogP contribution in [0.2, 0.25) is 10.0 Å². The van der Waals surface area contributed by atoms with Gasteiger partial charge in [-0.2, -0.15) is 0 Å². The number of benzene rings is 4. The third-order valence-corrected chi connectivity index (χ3v) is 5.88. The van der Waals surface area contributed by atoms with Crippen LogP contribution in [0.4, 0.5) is 11.4 Å². The van der Waals surface area contributed by atoms with Crippen LogP contribution in [0, 0.1) is 0 Å². The smallest absolute Gasteiger partial charge is 0.255 e. The van der Waals surface area contributed by atoms with E-state index in [2.05, 4.69) is 10.6 Å². The van der Waals surface area contributed by atoms with Crippen LogP contribution in [-0.4, -0.2) is 26.0 Å². The van der Waals surface area contributed by atoms with E-state index >= 15 is 0 Å². The fourth-order valence-electron chi connectivity index (χ4n) is 3.60. The Bertz CT molecular complexity index is 1330. The number of hydrogen-bond acceptors (Lipinski definition) is 4. The lowest BCUT2D eigenvalue weighted by Crippen LogP contribution is -2.12. The Morgan fingerprint density at radius 3 is 1.39 bits per heavy atom. The molecule has 0 heterocycles. The van der Waals surface area contributed by atoms with Gasteiger partial charge in [-0.25, -0.2) is 0 Å². The summed E-state index contributed by atoms with van der Waals surface area (Å²) in [5.41, 5.74) is 3.58. The first kappa shape index (κ1) is 25.1. The van der Waals surface area contributed by atoms with E-state index in [0.29, 0.717) is 44.0 Å². The molecule has 0 radical (unpaired) electrons. The van der Waals surface area contributed by atoms with Gasteiger partial charge in [0.15, 0.2) is 0 Å². The second-order valence-electron chi connectivity index (χ2n) is 7.76. The van der Waals surface area contributed by atoms with Gasteiger partial charge in [0.25, 0.3) is 11.8 Å². The molecule has 0 aliphatic carbocycles. The predicted octanol–water partition coefficient (Wildman–Crippen LogP) is 7.18. The fraction of sp³-hybridized carbons (Fsp3) is 0.0714. The number of nitrogens with one attached hydrogen (secondary N) is 2. The standard InChI is InChI=1S/C28H22Cl2N2O4/c1-35-25-15-17(9-11-23(25)31-27(33)19-5-3-7-21(29)13-19)18-10-12-24(26(16-18)36-2)32-28(34)20-6-4-8-22(30)14-20/h3-16H,1-2H3,(H,31,33)(H,32,34). The van der Waals surface area contributed by atoms with Gasteiger partial charge < -0.3 is 20.1 Å². The van der Waals surface area contributed by atoms with Gasteiger partial charge in [-0.3, -0.25) is 9.59 Å². The highest BCUT2D eigenvalue weighted by Gasteiger charge is 2.14. The lowest BCUT2D eigenvalue weighted by atomic mass is 10.0. The Hall–Kier alpha value is -4.00. The van der Waals surface area contributed by atoms with Crippen molar-refractivity contribution in [2.75, 3.05) is 24.9 Å². The fourth-order valence-corrected chi connectivity index (χ4v) is 3.98. The second kappa shape index (κ2) is 11.2. The molecule has 0 spiro atoms. The molecule has 0 bridgehead atoms. The summed E-state index contributed by atoms with van der Waals surface area (Å²) in [5.74, 6) is 0.371. The SMILES string of the molecule is COc1cc(-c2ccc(NC(=O)c3cccc(Cl)c3)c(OC)c2)ccc1NC(=O)c1cccc(Cl)c1. The number of ether oxygens (including phenoxy) is 2. The lowest BCUT2D eigenvalue weighted by molar-refractivity contribution is 0.101. The third kappa shape index (κ3) is 5.79. The highest BCUT2D eigenvalue weighted by Crippen LogP contribution is 2.35. The number of methoxy groups -OCH3 is 2. The molecule has 0 atom stereocenters. The van der Waals surface area contributed by atoms with Gasteiger partial charge >= 0.3 is 0 Å². The van der Waals surface area contributed by atoms with Crippen molar-refractivity contribution in [3.05, 3.63) is 106 Å². The highest BCUT2D eigenvalue weighted by atomic mass is 35.5. The summed E-state index contributed by atoms with van der Waals surface area (Å²) < 4.78 is 11.0. The molecule has 36 heavy (non-hydrogen) atoms. The van der Waals surface area contributed by atoms with E-state index in [1.165, 1.54) is 14.2 Å². The minimum Gasteiger partial charge on any atom is -0.495 e. The molecule has 2 N–H and O–H groups in total. The van der Waals surface area contributed by atoms with Gasteiger partial charge in [0, 0.05) is 21.2 Å². The quantitative estimate of drug-likeness (QED) is 0.270. The maximum absolute atomic E-state index is 12.6.